The number of imidazole rings is 1. The molecular weight excluding hydrogens is 514 g/mol. The van der Waals surface area contributed by atoms with Crippen LogP contribution in [0.2, 0.25) is 0 Å². The first-order valence-electron chi connectivity index (χ1n) is 13.2. The Kier molecular flexibility index (Phi) is 9.94. The number of rotatable bonds is 8. The van der Waals surface area contributed by atoms with Gasteiger partial charge in [0.15, 0.2) is 30.0 Å². The van der Waals surface area contributed by atoms with Gasteiger partial charge in [-0.25, -0.2) is 4.98 Å². The summed E-state index contributed by atoms with van der Waals surface area (Å²) in [7, 11) is 0. The quantitative estimate of drug-likeness (QED) is 0.400. The summed E-state index contributed by atoms with van der Waals surface area (Å²) in [5, 5.41) is 25.9. The highest BCUT2D eigenvalue weighted by Gasteiger charge is 2.48. The van der Waals surface area contributed by atoms with Gasteiger partial charge in [0.05, 0.1) is 12.9 Å². The molecular formula is C24H35N7O8. The van der Waals surface area contributed by atoms with E-state index in [1.165, 1.54) is 10.9 Å². The van der Waals surface area contributed by atoms with Crippen molar-refractivity contribution in [1.82, 2.24) is 19.5 Å². The summed E-state index contributed by atoms with van der Waals surface area (Å²) in [6, 6.07) is 0. The molecule has 6 atom stereocenters. The Bertz CT molecular complexity index is 1170. The molecule has 3 saturated heterocycles. The molecule has 3 fully saturated rings. The van der Waals surface area contributed by atoms with Crippen molar-refractivity contribution in [2.75, 3.05) is 25.1 Å². The molecule has 0 radical (unpaired) electrons. The number of ether oxygens (including phenoxy) is 5. The van der Waals surface area contributed by atoms with Crippen molar-refractivity contribution in [3.05, 3.63) is 16.7 Å². The third-order valence-corrected chi connectivity index (χ3v) is 6.81. The summed E-state index contributed by atoms with van der Waals surface area (Å²) in [5.41, 5.74) is -0.300. The van der Waals surface area contributed by atoms with Crippen LogP contribution in [0, 0.1) is 16.7 Å². The number of hydrogen-bond donors (Lipinski definition) is 3. The molecule has 214 valence electrons. The molecule has 2 aromatic heterocycles. The van der Waals surface area contributed by atoms with E-state index in [0.717, 1.165) is 38.5 Å². The number of nitrogens with zero attached hydrogens (tertiary/aromatic N) is 5. The molecule has 2 aromatic rings. The molecule has 0 saturated carbocycles. The number of amides is 1. The second-order valence-electron chi connectivity index (χ2n) is 9.96. The van der Waals surface area contributed by atoms with Gasteiger partial charge in [-0.2, -0.15) is 4.98 Å². The Hall–Kier alpha value is -3.00. The number of aliphatic hydroxyl groups excluding tert-OH is 1. The molecule has 3 aliphatic heterocycles. The van der Waals surface area contributed by atoms with Crippen LogP contribution in [0.5, 0.6) is 0 Å². The molecule has 5 heterocycles. The lowest BCUT2D eigenvalue weighted by atomic mass is 10.1. The predicted molar refractivity (Wildman–Crippen MR) is 133 cm³/mol. The van der Waals surface area contributed by atoms with Crippen LogP contribution >= 0.6 is 0 Å². The van der Waals surface area contributed by atoms with Crippen LogP contribution in [0.25, 0.3) is 11.2 Å². The summed E-state index contributed by atoms with van der Waals surface area (Å²) in [6.07, 6.45) is 2.61. The van der Waals surface area contributed by atoms with Gasteiger partial charge in [0.2, 0.25) is 11.9 Å². The summed E-state index contributed by atoms with van der Waals surface area (Å²) < 4.78 is 31.3. The molecule has 0 aliphatic carbocycles. The summed E-state index contributed by atoms with van der Waals surface area (Å²) in [5.74, 6) is -0.614. The zero-order chi connectivity index (χ0) is 27.9. The van der Waals surface area contributed by atoms with E-state index in [1.807, 2.05) is 0 Å². The van der Waals surface area contributed by atoms with Gasteiger partial charge < -0.3 is 28.8 Å². The van der Waals surface area contributed by atoms with Gasteiger partial charge in [-0.3, -0.25) is 24.5 Å². The molecule has 0 bridgehead atoms. The molecule has 0 spiro atoms. The van der Waals surface area contributed by atoms with E-state index in [-0.39, 0.29) is 41.8 Å². The maximum Gasteiger partial charge on any atom is 0.280 e. The standard InChI is InChI=1S/C24H35N5O8.N2/c1-13(2)21(31)27-24-26-20-17(22(32)28-24)25-12-29(20)23-18(30)19(37-16-8-4-6-10-34-16)14(36-23)11-35-15-7-3-5-9-33-15;1-2/h12-16,18-19,23,30H,3-11H2,1-2H3,(H2,26,27,28,31,32);/t14-,15?,16?,18+,19-,23-;/m1./s1. The first-order valence-corrected chi connectivity index (χ1v) is 13.2. The number of aromatic nitrogens is 4. The minimum atomic E-state index is -1.13. The van der Waals surface area contributed by atoms with Crippen molar-refractivity contribution in [2.45, 2.75) is 89.5 Å². The molecule has 3 N–H and O–H groups in total. The van der Waals surface area contributed by atoms with Gasteiger partial charge in [0.25, 0.3) is 5.56 Å². The first kappa shape index (κ1) is 29.0. The maximum atomic E-state index is 12.6. The van der Waals surface area contributed by atoms with Crippen molar-refractivity contribution in [1.29, 1.82) is 10.8 Å². The summed E-state index contributed by atoms with van der Waals surface area (Å²) >= 11 is 0. The number of carbonyl (C=O) groups is 1. The largest absolute Gasteiger partial charge is 0.386 e. The van der Waals surface area contributed by atoms with Crippen LogP contribution in [0.3, 0.4) is 0 Å². The van der Waals surface area contributed by atoms with Gasteiger partial charge in [-0.1, -0.05) is 13.8 Å². The lowest BCUT2D eigenvalue weighted by Gasteiger charge is -2.30. The number of H-pyrrole nitrogens is 1. The predicted octanol–water partition coefficient (Wildman–Crippen LogP) is 1.46. The molecule has 39 heavy (non-hydrogen) atoms. The van der Waals surface area contributed by atoms with Crippen LogP contribution in [0.4, 0.5) is 5.95 Å². The fraction of sp³-hybridized carbons (Fsp3) is 0.750. The lowest BCUT2D eigenvalue weighted by molar-refractivity contribution is -0.223. The lowest BCUT2D eigenvalue weighted by Crippen LogP contribution is -2.41. The van der Waals surface area contributed by atoms with Crippen LogP contribution in [-0.4, -0.2) is 81.2 Å². The normalized spacial score (nSPS) is 29.2. The molecule has 15 nitrogen and oxygen atoms in total. The van der Waals surface area contributed by atoms with E-state index < -0.39 is 36.4 Å². The second-order valence-corrected chi connectivity index (χ2v) is 9.96. The SMILES string of the molecule is CC(C)C(=O)Nc1nc2c(ncn2[C@@H]2O[C@H](COC3CCCCO3)[C@@H](OC3CCCCO3)[C@@H]2O)c(=O)[nH]1.N#N. The Labute approximate surface area is 224 Å². The number of carbonyl (C=O) groups excluding carboxylic acids is 1. The Balaban J connectivity index is 0.00000172. The minimum absolute atomic E-state index is 0.0110. The van der Waals surface area contributed by atoms with Gasteiger partial charge in [-0.15, -0.1) is 0 Å². The fourth-order valence-corrected chi connectivity index (χ4v) is 4.72. The maximum absolute atomic E-state index is 12.6. The molecule has 0 aromatic carbocycles. The average molecular weight is 550 g/mol. The van der Waals surface area contributed by atoms with Crippen LogP contribution in [0.15, 0.2) is 11.1 Å². The van der Waals surface area contributed by atoms with Crippen molar-refractivity contribution in [3.8, 4) is 0 Å². The topological polar surface area (TPSA) is 207 Å². The van der Waals surface area contributed by atoms with Crippen LogP contribution < -0.4 is 10.9 Å². The third-order valence-electron chi connectivity index (χ3n) is 6.81. The molecule has 2 unspecified atom stereocenters. The monoisotopic (exact) mass is 549 g/mol. The highest BCUT2D eigenvalue weighted by atomic mass is 16.7. The van der Waals surface area contributed by atoms with Gasteiger partial charge in [-0.05, 0) is 38.5 Å². The molecule has 3 aliphatic rings. The minimum Gasteiger partial charge on any atom is -0.386 e. The highest BCUT2D eigenvalue weighted by molar-refractivity contribution is 5.91. The van der Waals surface area contributed by atoms with Gasteiger partial charge in [0.1, 0.15) is 18.3 Å². The molecule has 1 amide bonds. The van der Waals surface area contributed by atoms with Crippen LogP contribution in [-0.2, 0) is 28.5 Å². The van der Waals surface area contributed by atoms with E-state index in [1.54, 1.807) is 13.8 Å². The molecule has 5 rings (SSSR count). The van der Waals surface area contributed by atoms with E-state index >= 15 is 0 Å². The van der Waals surface area contributed by atoms with Crippen molar-refractivity contribution < 1.29 is 33.6 Å². The Morgan fingerprint density at radius 3 is 2.54 bits per heavy atom. The van der Waals surface area contributed by atoms with E-state index in [2.05, 4.69) is 20.3 Å². The number of nitrogens with one attached hydrogen (secondary N) is 2. The van der Waals surface area contributed by atoms with E-state index in [4.69, 9.17) is 34.5 Å². The van der Waals surface area contributed by atoms with Gasteiger partial charge in [0, 0.05) is 29.9 Å². The van der Waals surface area contributed by atoms with Crippen molar-refractivity contribution >= 4 is 23.0 Å². The number of aliphatic hydroxyl groups is 1. The van der Waals surface area contributed by atoms with Crippen LogP contribution in [0.1, 0.15) is 58.6 Å². The zero-order valence-electron chi connectivity index (χ0n) is 22.0. The van der Waals surface area contributed by atoms with Crippen molar-refractivity contribution in [2.24, 2.45) is 5.92 Å². The third kappa shape index (κ3) is 6.78. The number of hydrogen-bond acceptors (Lipinski definition) is 12. The number of aromatic amines is 1. The second kappa shape index (κ2) is 13.4. The average Bonchev–Trinajstić information content (AvgIpc) is 3.51. The van der Waals surface area contributed by atoms with E-state index in [9.17, 15) is 14.7 Å². The molecule has 15 heteroatoms. The Morgan fingerprint density at radius 2 is 1.90 bits per heavy atom. The highest BCUT2D eigenvalue weighted by Crippen LogP contribution is 2.35. The van der Waals surface area contributed by atoms with Gasteiger partial charge >= 0.3 is 0 Å². The van der Waals surface area contributed by atoms with E-state index in [0.29, 0.717) is 13.2 Å². The zero-order valence-corrected chi connectivity index (χ0v) is 22.0. The number of fused-ring (bicyclic) bond motifs is 1. The summed E-state index contributed by atoms with van der Waals surface area (Å²) in [6.45, 7) is 4.85. The summed E-state index contributed by atoms with van der Waals surface area (Å²) in [4.78, 5) is 35.9. The van der Waals surface area contributed by atoms with Crippen molar-refractivity contribution in [3.63, 3.8) is 0 Å². The smallest absolute Gasteiger partial charge is 0.280 e. The fourth-order valence-electron chi connectivity index (χ4n) is 4.72. The number of anilines is 1. The Morgan fingerprint density at radius 1 is 1.21 bits per heavy atom. The first-order chi connectivity index (χ1) is 18.9.